The number of rotatable bonds is 6. The Kier molecular flexibility index (Phi) is 5.14. The van der Waals surface area contributed by atoms with Crippen LogP contribution >= 0.6 is 0 Å². The van der Waals surface area contributed by atoms with Crippen LogP contribution in [0.1, 0.15) is 12.5 Å². The lowest BCUT2D eigenvalue weighted by Crippen LogP contribution is -2.03. The largest absolute Gasteiger partial charge is 0.497 e. The van der Waals surface area contributed by atoms with Crippen molar-refractivity contribution in [3.8, 4) is 11.5 Å². The van der Waals surface area contributed by atoms with Crippen LogP contribution in [0.5, 0.6) is 11.5 Å². The number of nitro benzene ring substituents is 1. The summed E-state index contributed by atoms with van der Waals surface area (Å²) in [4.78, 5) is 10.2. The van der Waals surface area contributed by atoms with Gasteiger partial charge in [-0.3, -0.25) is 15.5 Å². The number of hydrogen-bond donors (Lipinski definition) is 1. The maximum absolute atomic E-state index is 10.6. The molecule has 0 aliphatic heterocycles. The van der Waals surface area contributed by atoms with E-state index in [1.165, 1.54) is 12.1 Å². The molecule has 120 valence electrons. The first-order valence-electron chi connectivity index (χ1n) is 6.82. The van der Waals surface area contributed by atoms with E-state index in [0.717, 1.165) is 5.56 Å². The lowest BCUT2D eigenvalue weighted by molar-refractivity contribution is -0.384. The lowest BCUT2D eigenvalue weighted by atomic mass is 10.1. The summed E-state index contributed by atoms with van der Waals surface area (Å²) in [5, 5.41) is 14.9. The van der Waals surface area contributed by atoms with Gasteiger partial charge in [0.2, 0.25) is 0 Å². The SMILES string of the molecule is COc1ccc(/C(C)=N/Nc2ccc([N+](=O)[O-])cc2)c(OC)c1. The Morgan fingerprint density at radius 3 is 2.39 bits per heavy atom. The second kappa shape index (κ2) is 7.26. The molecule has 2 rings (SSSR count). The molecule has 2 aromatic rings. The molecule has 0 radical (unpaired) electrons. The van der Waals surface area contributed by atoms with Crippen LogP contribution in [0, 0.1) is 10.1 Å². The second-order valence-electron chi connectivity index (χ2n) is 4.68. The van der Waals surface area contributed by atoms with Crippen molar-refractivity contribution in [3.05, 3.63) is 58.1 Å². The van der Waals surface area contributed by atoms with E-state index in [4.69, 9.17) is 9.47 Å². The first kappa shape index (κ1) is 16.3. The maximum Gasteiger partial charge on any atom is 0.269 e. The van der Waals surface area contributed by atoms with Crippen molar-refractivity contribution in [1.82, 2.24) is 0 Å². The van der Waals surface area contributed by atoms with E-state index in [0.29, 0.717) is 22.9 Å². The Balaban J connectivity index is 2.18. The van der Waals surface area contributed by atoms with Crippen molar-refractivity contribution in [2.45, 2.75) is 6.92 Å². The molecule has 1 N–H and O–H groups in total. The summed E-state index contributed by atoms with van der Waals surface area (Å²) in [5.74, 6) is 1.35. The molecule has 2 aromatic carbocycles. The fourth-order valence-electron chi connectivity index (χ4n) is 1.96. The summed E-state index contributed by atoms with van der Waals surface area (Å²) in [6, 6.07) is 11.5. The fourth-order valence-corrected chi connectivity index (χ4v) is 1.96. The summed E-state index contributed by atoms with van der Waals surface area (Å²) in [6.07, 6.45) is 0. The highest BCUT2D eigenvalue weighted by atomic mass is 16.6. The maximum atomic E-state index is 10.6. The molecule has 0 saturated heterocycles. The molecule has 0 bridgehead atoms. The summed E-state index contributed by atoms with van der Waals surface area (Å²) in [6.45, 7) is 1.84. The molecule has 0 aliphatic rings. The Labute approximate surface area is 133 Å². The van der Waals surface area contributed by atoms with E-state index >= 15 is 0 Å². The molecule has 0 saturated carbocycles. The molecule has 0 amide bonds. The summed E-state index contributed by atoms with van der Waals surface area (Å²) >= 11 is 0. The van der Waals surface area contributed by atoms with Gasteiger partial charge in [0.1, 0.15) is 11.5 Å². The van der Waals surface area contributed by atoms with Crippen molar-refractivity contribution in [3.63, 3.8) is 0 Å². The highest BCUT2D eigenvalue weighted by Crippen LogP contribution is 2.25. The van der Waals surface area contributed by atoms with Gasteiger partial charge in [-0.05, 0) is 31.2 Å². The molecule has 0 atom stereocenters. The number of hydrogen-bond acceptors (Lipinski definition) is 6. The fraction of sp³-hybridized carbons (Fsp3) is 0.188. The molecule has 0 fully saturated rings. The van der Waals surface area contributed by atoms with Crippen LogP contribution in [0.2, 0.25) is 0 Å². The van der Waals surface area contributed by atoms with Gasteiger partial charge in [0.05, 0.1) is 30.5 Å². The quantitative estimate of drug-likeness (QED) is 0.501. The zero-order valence-electron chi connectivity index (χ0n) is 13.1. The normalized spacial score (nSPS) is 11.0. The summed E-state index contributed by atoms with van der Waals surface area (Å²) in [5.41, 5.74) is 5.09. The van der Waals surface area contributed by atoms with Crippen molar-refractivity contribution >= 4 is 17.1 Å². The third kappa shape index (κ3) is 3.97. The Bertz CT molecular complexity index is 727. The van der Waals surface area contributed by atoms with Gasteiger partial charge in [-0.2, -0.15) is 5.10 Å². The summed E-state index contributed by atoms with van der Waals surface area (Å²) < 4.78 is 10.5. The van der Waals surface area contributed by atoms with Crippen molar-refractivity contribution in [1.29, 1.82) is 0 Å². The van der Waals surface area contributed by atoms with Crippen LogP contribution < -0.4 is 14.9 Å². The van der Waals surface area contributed by atoms with Gasteiger partial charge >= 0.3 is 0 Å². The number of anilines is 1. The predicted molar refractivity (Wildman–Crippen MR) is 88.5 cm³/mol. The third-order valence-corrected chi connectivity index (χ3v) is 3.23. The molecule has 7 heteroatoms. The van der Waals surface area contributed by atoms with E-state index in [1.807, 2.05) is 19.1 Å². The molecule has 0 unspecified atom stereocenters. The third-order valence-electron chi connectivity index (χ3n) is 3.23. The van der Waals surface area contributed by atoms with Crippen LogP contribution in [0.15, 0.2) is 47.6 Å². The molecular formula is C16H17N3O4. The predicted octanol–water partition coefficient (Wildman–Crippen LogP) is 3.45. The van der Waals surface area contributed by atoms with E-state index in [2.05, 4.69) is 10.5 Å². The number of methoxy groups -OCH3 is 2. The van der Waals surface area contributed by atoms with Gasteiger partial charge in [0, 0.05) is 23.8 Å². The minimum atomic E-state index is -0.444. The van der Waals surface area contributed by atoms with Gasteiger partial charge in [-0.15, -0.1) is 0 Å². The zero-order valence-corrected chi connectivity index (χ0v) is 13.1. The number of nitrogens with zero attached hydrogens (tertiary/aromatic N) is 2. The molecule has 0 heterocycles. The lowest BCUT2D eigenvalue weighted by Gasteiger charge is -2.10. The molecular weight excluding hydrogens is 298 g/mol. The zero-order chi connectivity index (χ0) is 16.8. The minimum Gasteiger partial charge on any atom is -0.497 e. The topological polar surface area (TPSA) is 86.0 Å². The van der Waals surface area contributed by atoms with Gasteiger partial charge in [-0.25, -0.2) is 0 Å². The van der Waals surface area contributed by atoms with Crippen LogP contribution in [-0.4, -0.2) is 24.9 Å². The first-order valence-corrected chi connectivity index (χ1v) is 6.82. The highest BCUT2D eigenvalue weighted by molar-refractivity contribution is 6.01. The summed E-state index contributed by atoms with van der Waals surface area (Å²) in [7, 11) is 3.17. The number of nitro groups is 1. The smallest absolute Gasteiger partial charge is 0.269 e. The average Bonchev–Trinajstić information content (AvgIpc) is 2.59. The van der Waals surface area contributed by atoms with Gasteiger partial charge in [0.25, 0.3) is 5.69 Å². The Morgan fingerprint density at radius 2 is 1.83 bits per heavy atom. The van der Waals surface area contributed by atoms with Crippen LogP contribution in [0.4, 0.5) is 11.4 Å². The average molecular weight is 315 g/mol. The molecule has 0 spiro atoms. The van der Waals surface area contributed by atoms with E-state index in [1.54, 1.807) is 32.4 Å². The van der Waals surface area contributed by atoms with E-state index in [-0.39, 0.29) is 5.69 Å². The standard InChI is InChI=1S/C16H17N3O4/c1-11(15-9-8-14(22-2)10-16(15)23-3)17-18-12-4-6-13(7-5-12)19(20)21/h4-10,18H,1-3H3/b17-11+. The van der Waals surface area contributed by atoms with Crippen LogP contribution in [0.3, 0.4) is 0 Å². The first-order chi connectivity index (χ1) is 11.0. The number of hydrazone groups is 1. The number of non-ortho nitro benzene ring substituents is 1. The Morgan fingerprint density at radius 1 is 1.13 bits per heavy atom. The minimum absolute atomic E-state index is 0.0353. The van der Waals surface area contributed by atoms with Crippen molar-refractivity contribution < 1.29 is 14.4 Å². The molecule has 23 heavy (non-hydrogen) atoms. The van der Waals surface area contributed by atoms with Gasteiger partial charge in [0.15, 0.2) is 0 Å². The van der Waals surface area contributed by atoms with E-state index in [9.17, 15) is 10.1 Å². The number of benzene rings is 2. The van der Waals surface area contributed by atoms with Gasteiger partial charge in [-0.1, -0.05) is 0 Å². The number of nitrogens with one attached hydrogen (secondary N) is 1. The van der Waals surface area contributed by atoms with E-state index < -0.39 is 4.92 Å². The van der Waals surface area contributed by atoms with Crippen molar-refractivity contribution in [2.24, 2.45) is 5.10 Å². The Hall–Kier alpha value is -3.09. The molecule has 7 nitrogen and oxygen atoms in total. The highest BCUT2D eigenvalue weighted by Gasteiger charge is 2.08. The number of ether oxygens (including phenoxy) is 2. The van der Waals surface area contributed by atoms with Crippen LogP contribution in [0.25, 0.3) is 0 Å². The van der Waals surface area contributed by atoms with Crippen LogP contribution in [-0.2, 0) is 0 Å². The molecule has 0 aromatic heterocycles. The van der Waals surface area contributed by atoms with Gasteiger partial charge < -0.3 is 9.47 Å². The molecule has 0 aliphatic carbocycles. The second-order valence-corrected chi connectivity index (χ2v) is 4.68. The monoisotopic (exact) mass is 315 g/mol. The van der Waals surface area contributed by atoms with Crippen molar-refractivity contribution in [2.75, 3.05) is 19.6 Å².